The van der Waals surface area contributed by atoms with E-state index >= 15 is 0 Å². The number of carbonyl (C=O) groups is 1. The predicted molar refractivity (Wildman–Crippen MR) is 46.6 cm³/mol. The third kappa shape index (κ3) is 3.20. The number of hydrogen-bond acceptors (Lipinski definition) is 4. The van der Waals surface area contributed by atoms with Gasteiger partial charge in [-0.15, -0.1) is 5.10 Å². The Hall–Kier alpha value is -1.43. The Bertz CT molecular complexity index is 282. The number of nitrogens with two attached hydrogens (primary N) is 2. The number of primary amides is 1. The van der Waals surface area contributed by atoms with Crippen molar-refractivity contribution in [1.82, 2.24) is 15.0 Å². The van der Waals surface area contributed by atoms with Gasteiger partial charge in [0.25, 0.3) is 0 Å². The van der Waals surface area contributed by atoms with Crippen LogP contribution >= 0.6 is 0 Å². The van der Waals surface area contributed by atoms with Crippen LogP contribution < -0.4 is 11.5 Å². The van der Waals surface area contributed by atoms with Crippen LogP contribution in [0.1, 0.15) is 12.1 Å². The Morgan fingerprint density at radius 2 is 2.38 bits per heavy atom. The van der Waals surface area contributed by atoms with Crippen molar-refractivity contribution in [2.24, 2.45) is 11.5 Å². The third-order valence-electron chi connectivity index (χ3n) is 1.54. The van der Waals surface area contributed by atoms with E-state index in [4.69, 9.17) is 11.5 Å². The number of hydrogen-bond donors (Lipinski definition) is 2. The van der Waals surface area contributed by atoms with Gasteiger partial charge in [-0.1, -0.05) is 5.21 Å². The van der Waals surface area contributed by atoms with Gasteiger partial charge in [0.2, 0.25) is 5.91 Å². The van der Waals surface area contributed by atoms with Crippen LogP contribution in [0.3, 0.4) is 0 Å². The van der Waals surface area contributed by atoms with Crippen LogP contribution in [-0.4, -0.2) is 27.4 Å². The summed E-state index contributed by atoms with van der Waals surface area (Å²) in [4.78, 5) is 10.5. The molecule has 1 rings (SSSR count). The lowest BCUT2D eigenvalue weighted by molar-refractivity contribution is -0.118. The zero-order chi connectivity index (χ0) is 9.68. The van der Waals surface area contributed by atoms with Gasteiger partial charge in [-0.3, -0.25) is 4.79 Å². The minimum atomic E-state index is -0.421. The second-order valence-electron chi connectivity index (χ2n) is 2.77. The molecule has 4 N–H and O–H groups in total. The quantitative estimate of drug-likeness (QED) is 0.589. The Balaban J connectivity index is 2.48. The Labute approximate surface area is 75.9 Å². The number of aromatic nitrogens is 3. The zero-order valence-electron chi connectivity index (χ0n) is 7.31. The van der Waals surface area contributed by atoms with E-state index in [1.165, 1.54) is 4.68 Å². The van der Waals surface area contributed by atoms with Gasteiger partial charge in [0.05, 0.1) is 5.69 Å². The summed E-state index contributed by atoms with van der Waals surface area (Å²) < 4.78 is 1.42. The number of amides is 1. The first-order chi connectivity index (χ1) is 6.22. The largest absolute Gasteiger partial charge is 0.368 e. The van der Waals surface area contributed by atoms with E-state index in [1.54, 1.807) is 6.20 Å². The molecule has 0 fully saturated rings. The molecule has 0 spiro atoms. The molecule has 0 aliphatic heterocycles. The van der Waals surface area contributed by atoms with Crippen LogP contribution in [0.5, 0.6) is 0 Å². The fourth-order valence-electron chi connectivity index (χ4n) is 0.973. The molecule has 13 heavy (non-hydrogen) atoms. The van der Waals surface area contributed by atoms with Crippen LogP contribution in [0.25, 0.3) is 0 Å². The second kappa shape index (κ2) is 4.56. The first kappa shape index (κ1) is 9.66. The molecule has 1 amide bonds. The van der Waals surface area contributed by atoms with Crippen molar-refractivity contribution < 1.29 is 4.79 Å². The van der Waals surface area contributed by atoms with Crippen molar-refractivity contribution in [3.05, 3.63) is 11.9 Å². The highest BCUT2D eigenvalue weighted by molar-refractivity contribution is 5.73. The van der Waals surface area contributed by atoms with E-state index in [0.29, 0.717) is 6.54 Å². The summed E-state index contributed by atoms with van der Waals surface area (Å²) in [6, 6.07) is 0. The molecule has 1 heterocycles. The summed E-state index contributed by atoms with van der Waals surface area (Å²) in [6.07, 6.45) is 3.37. The normalized spacial score (nSPS) is 10.2. The Morgan fingerprint density at radius 1 is 1.62 bits per heavy atom. The van der Waals surface area contributed by atoms with Crippen LogP contribution in [0.2, 0.25) is 0 Å². The van der Waals surface area contributed by atoms with Crippen LogP contribution in [0.4, 0.5) is 0 Å². The topological polar surface area (TPSA) is 99.8 Å². The molecular weight excluding hydrogens is 170 g/mol. The number of aryl methyl sites for hydroxylation is 1. The Kier molecular flexibility index (Phi) is 3.39. The van der Waals surface area contributed by atoms with Gasteiger partial charge in [-0.2, -0.15) is 0 Å². The molecule has 0 bridgehead atoms. The maximum Gasteiger partial charge on any atom is 0.239 e. The summed E-state index contributed by atoms with van der Waals surface area (Å²) >= 11 is 0. The summed E-state index contributed by atoms with van der Waals surface area (Å²) in [5.41, 5.74) is 11.2. The summed E-state index contributed by atoms with van der Waals surface area (Å²) in [5.74, 6) is -0.421. The molecule has 0 aliphatic carbocycles. The molecule has 6 heteroatoms. The van der Waals surface area contributed by atoms with E-state index in [0.717, 1.165) is 18.5 Å². The molecule has 0 radical (unpaired) electrons. The predicted octanol–water partition coefficient (Wildman–Crippen LogP) is -1.35. The zero-order valence-corrected chi connectivity index (χ0v) is 7.31. The average molecular weight is 183 g/mol. The van der Waals surface area contributed by atoms with Gasteiger partial charge < -0.3 is 11.5 Å². The summed E-state index contributed by atoms with van der Waals surface area (Å²) in [5, 5.41) is 7.59. The van der Waals surface area contributed by atoms with Crippen molar-refractivity contribution in [3.63, 3.8) is 0 Å². The maximum atomic E-state index is 10.5. The standard InChI is InChI=1S/C7H13N5O/c8-3-1-2-6-4-12(11-10-6)5-7(9)13/h4H,1-3,5,8H2,(H2,9,13). The van der Waals surface area contributed by atoms with E-state index in [9.17, 15) is 4.79 Å². The van der Waals surface area contributed by atoms with E-state index in [1.807, 2.05) is 0 Å². The van der Waals surface area contributed by atoms with Crippen LogP contribution in [0, 0.1) is 0 Å². The third-order valence-corrected chi connectivity index (χ3v) is 1.54. The number of nitrogens with zero attached hydrogens (tertiary/aromatic N) is 3. The van der Waals surface area contributed by atoms with Crippen LogP contribution in [-0.2, 0) is 17.8 Å². The first-order valence-corrected chi connectivity index (χ1v) is 4.09. The monoisotopic (exact) mass is 183 g/mol. The molecule has 0 unspecified atom stereocenters. The van der Waals surface area contributed by atoms with E-state index in [2.05, 4.69) is 10.3 Å². The molecule has 0 aromatic carbocycles. The van der Waals surface area contributed by atoms with Crippen molar-refractivity contribution >= 4 is 5.91 Å². The molecule has 0 saturated heterocycles. The van der Waals surface area contributed by atoms with Gasteiger partial charge in [-0.05, 0) is 19.4 Å². The van der Waals surface area contributed by atoms with Crippen LogP contribution in [0.15, 0.2) is 6.20 Å². The van der Waals surface area contributed by atoms with Gasteiger partial charge in [-0.25, -0.2) is 4.68 Å². The first-order valence-electron chi connectivity index (χ1n) is 4.09. The number of rotatable bonds is 5. The van der Waals surface area contributed by atoms with E-state index < -0.39 is 5.91 Å². The summed E-state index contributed by atoms with van der Waals surface area (Å²) in [6.45, 7) is 0.707. The molecule has 1 aromatic rings. The fraction of sp³-hybridized carbons (Fsp3) is 0.571. The minimum absolute atomic E-state index is 0.0790. The highest BCUT2D eigenvalue weighted by atomic mass is 16.1. The molecule has 72 valence electrons. The van der Waals surface area contributed by atoms with Gasteiger partial charge in [0.1, 0.15) is 6.54 Å². The molecule has 1 aromatic heterocycles. The van der Waals surface area contributed by atoms with Crippen molar-refractivity contribution in [3.8, 4) is 0 Å². The Morgan fingerprint density at radius 3 is 3.00 bits per heavy atom. The lowest BCUT2D eigenvalue weighted by Gasteiger charge is -1.92. The van der Waals surface area contributed by atoms with Crippen molar-refractivity contribution in [2.45, 2.75) is 19.4 Å². The van der Waals surface area contributed by atoms with Gasteiger partial charge >= 0.3 is 0 Å². The molecule has 0 saturated carbocycles. The summed E-state index contributed by atoms with van der Waals surface area (Å²) in [7, 11) is 0. The molecule has 0 aliphatic rings. The van der Waals surface area contributed by atoms with Gasteiger partial charge in [0, 0.05) is 6.20 Å². The van der Waals surface area contributed by atoms with Crippen molar-refractivity contribution in [1.29, 1.82) is 0 Å². The second-order valence-corrected chi connectivity index (χ2v) is 2.77. The fourth-order valence-corrected chi connectivity index (χ4v) is 0.973. The lowest BCUT2D eigenvalue weighted by Crippen LogP contribution is -2.18. The highest BCUT2D eigenvalue weighted by Gasteiger charge is 2.01. The smallest absolute Gasteiger partial charge is 0.239 e. The minimum Gasteiger partial charge on any atom is -0.368 e. The molecular formula is C7H13N5O. The maximum absolute atomic E-state index is 10.5. The molecule has 0 atom stereocenters. The SMILES string of the molecule is NCCCc1cn(CC(N)=O)nn1. The van der Waals surface area contributed by atoms with E-state index in [-0.39, 0.29) is 6.54 Å². The highest BCUT2D eigenvalue weighted by Crippen LogP contribution is 1.96. The lowest BCUT2D eigenvalue weighted by atomic mass is 10.2. The van der Waals surface area contributed by atoms with Gasteiger partial charge in [0.15, 0.2) is 0 Å². The molecule has 6 nitrogen and oxygen atoms in total. The number of carbonyl (C=O) groups excluding carboxylic acids is 1. The van der Waals surface area contributed by atoms with Crippen molar-refractivity contribution in [2.75, 3.05) is 6.54 Å². The average Bonchev–Trinajstić information content (AvgIpc) is 2.48.